The molecule has 1 aliphatic carbocycles. The Morgan fingerprint density at radius 1 is 1.26 bits per heavy atom. The molecule has 5 heterocycles. The second-order valence-electron chi connectivity index (χ2n) is 9.74. The van der Waals surface area contributed by atoms with Gasteiger partial charge in [0.25, 0.3) is 5.92 Å². The van der Waals surface area contributed by atoms with Crippen LogP contribution in [0.3, 0.4) is 0 Å². The number of nitrogens with zero attached hydrogens (tertiary/aromatic N) is 4. The van der Waals surface area contributed by atoms with Crippen LogP contribution in [0.4, 0.5) is 8.78 Å². The smallest absolute Gasteiger partial charge is 0.297 e. The van der Waals surface area contributed by atoms with Crippen LogP contribution in [-0.2, 0) is 34.1 Å². The molecule has 0 bridgehead atoms. The van der Waals surface area contributed by atoms with Crippen molar-refractivity contribution in [2.45, 2.75) is 63.4 Å². The Kier molecular flexibility index (Phi) is 5.96. The lowest BCUT2D eigenvalue weighted by Crippen LogP contribution is -2.48. The van der Waals surface area contributed by atoms with E-state index in [0.717, 1.165) is 55.1 Å². The standard InChI is InChI=1S/C25H27ClF2N4O2S/c1-16-18(13-32(30-16)23-17(3-2-8-29-23)14-33-19-4-5-19)12-31-9-6-24(7-10-31)22-20(11-21(26)35-22)25(27,28)15-34-24/h2-3,8,11,13,19H,4-7,9-10,12,14-15H2,1H3. The summed E-state index contributed by atoms with van der Waals surface area (Å²) in [6.45, 7) is 4.17. The monoisotopic (exact) mass is 520 g/mol. The highest BCUT2D eigenvalue weighted by Crippen LogP contribution is 2.52. The predicted molar refractivity (Wildman–Crippen MR) is 129 cm³/mol. The van der Waals surface area contributed by atoms with E-state index in [1.165, 1.54) is 17.4 Å². The molecular formula is C25H27ClF2N4O2S. The summed E-state index contributed by atoms with van der Waals surface area (Å²) >= 11 is 7.36. The third-order valence-electron chi connectivity index (χ3n) is 7.18. The quantitative estimate of drug-likeness (QED) is 0.424. The van der Waals surface area contributed by atoms with Crippen LogP contribution < -0.4 is 0 Å². The second-order valence-corrected chi connectivity index (χ2v) is 11.4. The van der Waals surface area contributed by atoms with Crippen molar-refractivity contribution in [2.24, 2.45) is 0 Å². The summed E-state index contributed by atoms with van der Waals surface area (Å²) < 4.78 is 42.8. The molecular weight excluding hydrogens is 494 g/mol. The highest BCUT2D eigenvalue weighted by Gasteiger charge is 2.51. The zero-order valence-corrected chi connectivity index (χ0v) is 21.0. The maximum atomic E-state index is 14.4. The van der Waals surface area contributed by atoms with E-state index in [4.69, 9.17) is 26.2 Å². The molecule has 10 heteroatoms. The lowest BCUT2D eigenvalue weighted by molar-refractivity contribution is -0.182. The van der Waals surface area contributed by atoms with Gasteiger partial charge in [0.05, 0.1) is 22.7 Å². The maximum absolute atomic E-state index is 14.4. The van der Waals surface area contributed by atoms with Crippen molar-refractivity contribution >= 4 is 22.9 Å². The second kappa shape index (κ2) is 8.88. The fourth-order valence-electron chi connectivity index (χ4n) is 4.98. The minimum absolute atomic E-state index is 0.0427. The number of ether oxygens (including phenoxy) is 2. The molecule has 0 amide bonds. The molecule has 3 aromatic rings. The largest absolute Gasteiger partial charge is 0.373 e. The Morgan fingerprint density at radius 3 is 2.83 bits per heavy atom. The summed E-state index contributed by atoms with van der Waals surface area (Å²) in [5, 5.41) is 4.73. The van der Waals surface area contributed by atoms with E-state index < -0.39 is 18.1 Å². The Balaban J connectivity index is 1.16. The number of hydrogen-bond acceptors (Lipinski definition) is 6. The van der Waals surface area contributed by atoms with Crippen LogP contribution in [0.15, 0.2) is 30.6 Å². The number of aromatic nitrogens is 3. The van der Waals surface area contributed by atoms with Gasteiger partial charge in [0, 0.05) is 53.6 Å². The summed E-state index contributed by atoms with van der Waals surface area (Å²) in [6, 6.07) is 5.37. The zero-order chi connectivity index (χ0) is 24.2. The van der Waals surface area contributed by atoms with Gasteiger partial charge >= 0.3 is 0 Å². The number of rotatable bonds is 6. The van der Waals surface area contributed by atoms with Gasteiger partial charge in [-0.15, -0.1) is 11.3 Å². The van der Waals surface area contributed by atoms with Crippen molar-refractivity contribution < 1.29 is 18.3 Å². The zero-order valence-electron chi connectivity index (χ0n) is 19.5. The van der Waals surface area contributed by atoms with Gasteiger partial charge in [0.1, 0.15) is 12.2 Å². The Morgan fingerprint density at radius 2 is 2.06 bits per heavy atom. The van der Waals surface area contributed by atoms with Gasteiger partial charge in [-0.2, -0.15) is 13.9 Å². The van der Waals surface area contributed by atoms with Gasteiger partial charge in [-0.1, -0.05) is 17.7 Å². The number of hydrogen-bond donors (Lipinski definition) is 0. The van der Waals surface area contributed by atoms with E-state index in [9.17, 15) is 8.78 Å². The van der Waals surface area contributed by atoms with Crippen molar-refractivity contribution in [3.63, 3.8) is 0 Å². The SMILES string of the molecule is Cc1nn(-c2ncccc2COC2CC2)cc1CN1CCC2(CC1)OCC(F)(F)c1cc(Cl)sc12. The van der Waals surface area contributed by atoms with E-state index >= 15 is 0 Å². The molecule has 3 aliphatic rings. The summed E-state index contributed by atoms with van der Waals surface area (Å²) in [4.78, 5) is 7.49. The Hall–Kier alpha value is -1.91. The third-order valence-corrected chi connectivity index (χ3v) is 8.63. The first-order chi connectivity index (χ1) is 16.8. The fraction of sp³-hybridized carbons (Fsp3) is 0.520. The van der Waals surface area contributed by atoms with Gasteiger partial charge in [-0.25, -0.2) is 9.67 Å². The average molecular weight is 521 g/mol. The van der Waals surface area contributed by atoms with Crippen LogP contribution in [0.5, 0.6) is 0 Å². The van der Waals surface area contributed by atoms with E-state index in [1.807, 2.05) is 29.9 Å². The van der Waals surface area contributed by atoms with Gasteiger partial charge in [0.2, 0.25) is 0 Å². The van der Waals surface area contributed by atoms with Crippen LogP contribution in [0.1, 0.15) is 52.9 Å². The van der Waals surface area contributed by atoms with E-state index in [0.29, 0.717) is 34.8 Å². The molecule has 186 valence electrons. The van der Waals surface area contributed by atoms with Crippen molar-refractivity contribution in [3.05, 3.63) is 62.2 Å². The topological polar surface area (TPSA) is 52.4 Å². The van der Waals surface area contributed by atoms with Crippen LogP contribution in [-0.4, -0.2) is 45.5 Å². The maximum Gasteiger partial charge on any atom is 0.297 e. The molecule has 0 atom stereocenters. The number of piperidine rings is 1. The molecule has 6 rings (SSSR count). The van der Waals surface area contributed by atoms with Crippen LogP contribution in [0, 0.1) is 6.92 Å². The molecule has 1 saturated heterocycles. The molecule has 0 unspecified atom stereocenters. The molecule has 2 fully saturated rings. The normalized spacial score (nSPS) is 21.4. The number of likely N-dealkylation sites (tertiary alicyclic amines) is 1. The first-order valence-electron chi connectivity index (χ1n) is 12.0. The lowest BCUT2D eigenvalue weighted by atomic mass is 9.84. The van der Waals surface area contributed by atoms with E-state index in [1.54, 1.807) is 6.20 Å². The summed E-state index contributed by atoms with van der Waals surface area (Å²) in [7, 11) is 0. The van der Waals surface area contributed by atoms with E-state index in [2.05, 4.69) is 9.88 Å². The first-order valence-corrected chi connectivity index (χ1v) is 13.2. The lowest BCUT2D eigenvalue weighted by Gasteiger charge is -2.45. The molecule has 0 radical (unpaired) electrons. The van der Waals surface area contributed by atoms with Crippen molar-refractivity contribution in [1.29, 1.82) is 0 Å². The van der Waals surface area contributed by atoms with Gasteiger partial charge < -0.3 is 9.47 Å². The molecule has 2 aliphatic heterocycles. The number of pyridine rings is 1. The average Bonchev–Trinajstić information content (AvgIpc) is 3.48. The Bertz CT molecular complexity index is 1230. The predicted octanol–water partition coefficient (Wildman–Crippen LogP) is 5.58. The summed E-state index contributed by atoms with van der Waals surface area (Å²) in [5.74, 6) is -2.19. The minimum atomic E-state index is -2.99. The molecule has 3 aromatic heterocycles. The van der Waals surface area contributed by atoms with Crippen molar-refractivity contribution in [3.8, 4) is 5.82 Å². The minimum Gasteiger partial charge on any atom is -0.373 e. The van der Waals surface area contributed by atoms with Crippen molar-refractivity contribution in [2.75, 3.05) is 19.7 Å². The highest BCUT2D eigenvalue weighted by molar-refractivity contribution is 7.16. The molecule has 1 spiro atoms. The summed E-state index contributed by atoms with van der Waals surface area (Å²) in [5.41, 5.74) is 2.46. The number of fused-ring (bicyclic) bond motifs is 2. The van der Waals surface area contributed by atoms with Gasteiger partial charge in [0.15, 0.2) is 5.82 Å². The number of halogens is 3. The first kappa shape index (κ1) is 23.5. The number of thiophene rings is 1. The summed E-state index contributed by atoms with van der Waals surface area (Å²) in [6.07, 6.45) is 7.76. The van der Waals surface area contributed by atoms with Crippen LogP contribution >= 0.6 is 22.9 Å². The molecule has 6 nitrogen and oxygen atoms in total. The molecule has 35 heavy (non-hydrogen) atoms. The van der Waals surface area contributed by atoms with Crippen LogP contribution in [0.25, 0.3) is 5.82 Å². The van der Waals surface area contributed by atoms with Gasteiger partial charge in [-0.3, -0.25) is 4.90 Å². The third kappa shape index (κ3) is 4.53. The van der Waals surface area contributed by atoms with Crippen LogP contribution in [0.2, 0.25) is 4.34 Å². The van der Waals surface area contributed by atoms with Gasteiger partial charge in [-0.05, 0) is 44.7 Å². The molecule has 0 aromatic carbocycles. The molecule has 0 N–H and O–H groups in total. The number of aryl methyl sites for hydroxylation is 1. The fourth-order valence-corrected chi connectivity index (χ4v) is 6.46. The number of alkyl halides is 2. The molecule has 1 saturated carbocycles. The van der Waals surface area contributed by atoms with E-state index in [-0.39, 0.29) is 5.56 Å². The van der Waals surface area contributed by atoms with Crippen molar-refractivity contribution in [1.82, 2.24) is 19.7 Å². The highest BCUT2D eigenvalue weighted by atomic mass is 35.5. The Labute approximate surface area is 211 Å².